The Labute approximate surface area is 133 Å². The van der Waals surface area contributed by atoms with Crippen LogP contribution in [0.3, 0.4) is 0 Å². The van der Waals surface area contributed by atoms with Crippen LogP contribution in [0.5, 0.6) is 0 Å². The summed E-state index contributed by atoms with van der Waals surface area (Å²) >= 11 is 0. The van der Waals surface area contributed by atoms with Crippen LogP contribution in [0.25, 0.3) is 5.78 Å². The number of nitrogens with zero attached hydrogens (tertiary/aromatic N) is 4. The molecule has 0 aromatic carbocycles. The first-order chi connectivity index (χ1) is 10.9. The molecule has 118 valence electrons. The maximum absolute atomic E-state index is 12.2. The molecule has 3 heterocycles. The third-order valence-corrected chi connectivity index (χ3v) is 3.56. The van der Waals surface area contributed by atoms with Crippen molar-refractivity contribution in [1.82, 2.24) is 24.7 Å². The number of hydrogen-bond donors (Lipinski definition) is 2. The van der Waals surface area contributed by atoms with Crippen LogP contribution in [0.15, 0.2) is 43.1 Å². The van der Waals surface area contributed by atoms with Gasteiger partial charge in [-0.3, -0.25) is 9.38 Å². The Hall–Kier alpha value is -2.96. The summed E-state index contributed by atoms with van der Waals surface area (Å²) in [7, 11) is 0. The summed E-state index contributed by atoms with van der Waals surface area (Å²) in [4.78, 5) is 24.7. The van der Waals surface area contributed by atoms with Gasteiger partial charge in [-0.15, -0.1) is 0 Å². The molecular weight excluding hydrogens is 292 g/mol. The van der Waals surface area contributed by atoms with Crippen molar-refractivity contribution < 1.29 is 4.79 Å². The quantitative estimate of drug-likeness (QED) is 0.778. The minimum atomic E-state index is -0.544. The average Bonchev–Trinajstić information content (AvgIpc) is 2.94. The van der Waals surface area contributed by atoms with Gasteiger partial charge in [-0.05, 0) is 32.4 Å². The smallest absolute Gasteiger partial charge is 0.320 e. The van der Waals surface area contributed by atoms with E-state index in [2.05, 4.69) is 25.6 Å². The summed E-state index contributed by atoms with van der Waals surface area (Å²) < 4.78 is 1.74. The maximum atomic E-state index is 12.2. The third kappa shape index (κ3) is 3.28. The molecular formula is C16H18N6O. The molecule has 0 saturated heterocycles. The van der Waals surface area contributed by atoms with Crippen molar-refractivity contribution in [3.8, 4) is 0 Å². The van der Waals surface area contributed by atoms with Gasteiger partial charge in [0.05, 0.1) is 17.4 Å². The minimum Gasteiger partial charge on any atom is -0.329 e. The summed E-state index contributed by atoms with van der Waals surface area (Å²) in [5.74, 6) is 0.585. The average molecular weight is 310 g/mol. The van der Waals surface area contributed by atoms with Gasteiger partial charge in [-0.25, -0.2) is 14.8 Å². The Morgan fingerprint density at radius 2 is 2.00 bits per heavy atom. The van der Waals surface area contributed by atoms with Crippen LogP contribution in [0.4, 0.5) is 10.5 Å². The van der Waals surface area contributed by atoms with Gasteiger partial charge in [-0.1, -0.05) is 6.07 Å². The second-order valence-corrected chi connectivity index (χ2v) is 5.87. The van der Waals surface area contributed by atoms with Gasteiger partial charge in [0.25, 0.3) is 0 Å². The number of pyridine rings is 1. The van der Waals surface area contributed by atoms with Crippen molar-refractivity contribution >= 4 is 17.5 Å². The van der Waals surface area contributed by atoms with Crippen LogP contribution in [0.2, 0.25) is 0 Å². The van der Waals surface area contributed by atoms with Gasteiger partial charge in [-0.2, -0.15) is 0 Å². The Kier molecular flexibility index (Phi) is 3.69. The molecule has 0 atom stereocenters. The number of aromatic nitrogens is 4. The number of carbonyl (C=O) groups excluding carboxylic acids is 1. The molecule has 0 saturated carbocycles. The van der Waals surface area contributed by atoms with Crippen molar-refractivity contribution in [2.45, 2.75) is 26.3 Å². The molecule has 0 aliphatic heterocycles. The van der Waals surface area contributed by atoms with Gasteiger partial charge in [0.15, 0.2) is 0 Å². The maximum Gasteiger partial charge on any atom is 0.320 e. The van der Waals surface area contributed by atoms with Gasteiger partial charge in [0.1, 0.15) is 0 Å². The van der Waals surface area contributed by atoms with E-state index in [9.17, 15) is 4.79 Å². The summed E-state index contributed by atoms with van der Waals surface area (Å²) in [5.41, 5.74) is 1.91. The number of anilines is 1. The van der Waals surface area contributed by atoms with E-state index in [0.717, 1.165) is 11.3 Å². The van der Waals surface area contributed by atoms with Crippen LogP contribution in [-0.2, 0) is 5.54 Å². The van der Waals surface area contributed by atoms with E-state index >= 15 is 0 Å². The van der Waals surface area contributed by atoms with Crippen LogP contribution in [0.1, 0.15) is 25.1 Å². The minimum absolute atomic E-state index is 0.308. The number of fused-ring (bicyclic) bond motifs is 1. The Morgan fingerprint density at radius 1 is 1.17 bits per heavy atom. The molecule has 0 bridgehead atoms. The predicted octanol–water partition coefficient (Wildman–Crippen LogP) is 2.49. The molecule has 0 radical (unpaired) electrons. The highest BCUT2D eigenvalue weighted by atomic mass is 16.2. The third-order valence-electron chi connectivity index (χ3n) is 3.56. The number of carbonyl (C=O) groups is 1. The van der Waals surface area contributed by atoms with Crippen molar-refractivity contribution in [1.29, 1.82) is 0 Å². The molecule has 0 fully saturated rings. The molecule has 0 aliphatic carbocycles. The fourth-order valence-electron chi connectivity index (χ4n) is 2.24. The van der Waals surface area contributed by atoms with E-state index in [-0.39, 0.29) is 6.03 Å². The summed E-state index contributed by atoms with van der Waals surface area (Å²) in [6.45, 7) is 5.78. The lowest BCUT2D eigenvalue weighted by molar-refractivity contribution is 0.242. The van der Waals surface area contributed by atoms with Crippen LogP contribution >= 0.6 is 0 Å². The normalized spacial score (nSPS) is 11.4. The molecule has 2 N–H and O–H groups in total. The zero-order chi connectivity index (χ0) is 16.4. The topological polar surface area (TPSA) is 84.2 Å². The van der Waals surface area contributed by atoms with Crippen LogP contribution in [0, 0.1) is 6.92 Å². The zero-order valence-corrected chi connectivity index (χ0v) is 13.2. The van der Waals surface area contributed by atoms with E-state index in [1.807, 2.05) is 32.9 Å². The molecule has 23 heavy (non-hydrogen) atoms. The molecule has 0 spiro atoms. The lowest BCUT2D eigenvalue weighted by atomic mass is 9.96. The fourth-order valence-corrected chi connectivity index (χ4v) is 2.24. The molecule has 7 heteroatoms. The van der Waals surface area contributed by atoms with Crippen LogP contribution in [-0.4, -0.2) is 25.4 Å². The van der Waals surface area contributed by atoms with Gasteiger partial charge in [0.2, 0.25) is 5.78 Å². The standard InChI is InChI=1S/C16H18N6O/c1-11-4-5-12(8-18-11)16(2,3)21-15(23)20-13-9-19-14-17-6-7-22(14)10-13/h4-10H,1-3H3,(H2,20,21,23). The highest BCUT2D eigenvalue weighted by molar-refractivity contribution is 5.89. The monoisotopic (exact) mass is 310 g/mol. The summed E-state index contributed by atoms with van der Waals surface area (Å²) in [5, 5.41) is 5.72. The SMILES string of the molecule is Cc1ccc(C(C)(C)NC(=O)Nc2cnc3nccn3c2)cn1. The van der Waals surface area contributed by atoms with Crippen molar-refractivity contribution in [3.05, 3.63) is 54.4 Å². The number of urea groups is 1. The van der Waals surface area contributed by atoms with E-state index in [0.29, 0.717) is 11.5 Å². The van der Waals surface area contributed by atoms with Crippen molar-refractivity contribution in [3.63, 3.8) is 0 Å². The Balaban J connectivity index is 1.71. The highest BCUT2D eigenvalue weighted by Crippen LogP contribution is 2.19. The lowest BCUT2D eigenvalue weighted by Gasteiger charge is -2.26. The van der Waals surface area contributed by atoms with Gasteiger partial charge >= 0.3 is 6.03 Å². The van der Waals surface area contributed by atoms with Crippen molar-refractivity contribution in [2.24, 2.45) is 0 Å². The molecule has 2 amide bonds. The fraction of sp³-hybridized carbons (Fsp3) is 0.250. The number of hydrogen-bond acceptors (Lipinski definition) is 4. The summed E-state index contributed by atoms with van der Waals surface area (Å²) in [6, 6.07) is 3.58. The molecule has 3 aromatic rings. The van der Waals surface area contributed by atoms with E-state index in [4.69, 9.17) is 0 Å². The van der Waals surface area contributed by atoms with Gasteiger partial charge in [0, 0.05) is 30.5 Å². The van der Waals surface area contributed by atoms with Crippen molar-refractivity contribution in [2.75, 3.05) is 5.32 Å². The molecule has 3 rings (SSSR count). The lowest BCUT2D eigenvalue weighted by Crippen LogP contribution is -2.43. The first-order valence-corrected chi connectivity index (χ1v) is 7.25. The summed E-state index contributed by atoms with van der Waals surface area (Å²) in [6.07, 6.45) is 8.53. The van der Waals surface area contributed by atoms with E-state index in [1.165, 1.54) is 0 Å². The van der Waals surface area contributed by atoms with E-state index < -0.39 is 5.54 Å². The zero-order valence-electron chi connectivity index (χ0n) is 13.2. The Morgan fingerprint density at radius 3 is 2.74 bits per heavy atom. The van der Waals surface area contributed by atoms with E-state index in [1.54, 1.807) is 35.4 Å². The molecule has 7 nitrogen and oxygen atoms in total. The van der Waals surface area contributed by atoms with Crippen LogP contribution < -0.4 is 10.6 Å². The highest BCUT2D eigenvalue weighted by Gasteiger charge is 2.23. The number of amides is 2. The predicted molar refractivity (Wildman–Crippen MR) is 87.1 cm³/mol. The Bertz CT molecular complexity index is 837. The number of rotatable bonds is 3. The number of aryl methyl sites for hydroxylation is 1. The second kappa shape index (κ2) is 5.68. The molecule has 0 unspecified atom stereocenters. The number of imidazole rings is 1. The first kappa shape index (κ1) is 15.0. The largest absolute Gasteiger partial charge is 0.329 e. The molecule has 3 aromatic heterocycles. The number of nitrogens with one attached hydrogen (secondary N) is 2. The first-order valence-electron chi connectivity index (χ1n) is 7.25. The second-order valence-electron chi connectivity index (χ2n) is 5.87. The van der Waals surface area contributed by atoms with Gasteiger partial charge < -0.3 is 10.6 Å². The molecule has 0 aliphatic rings.